The van der Waals surface area contributed by atoms with Crippen LogP contribution in [0.1, 0.15) is 27.7 Å². The van der Waals surface area contributed by atoms with E-state index in [-0.39, 0.29) is 5.69 Å². The number of hydrogen-bond donors (Lipinski definition) is 0. The van der Waals surface area contributed by atoms with Crippen LogP contribution < -0.4 is 9.83 Å². The van der Waals surface area contributed by atoms with Crippen molar-refractivity contribution in [3.8, 4) is 5.75 Å². The van der Waals surface area contributed by atoms with Gasteiger partial charge < -0.3 is 9.09 Å². The zero-order valence-electron chi connectivity index (χ0n) is 21.8. The number of rotatable bonds is 6. The van der Waals surface area contributed by atoms with Gasteiger partial charge in [-0.1, -0.05) is 54.9 Å². The predicted octanol–water partition coefficient (Wildman–Crippen LogP) is 9.44. The van der Waals surface area contributed by atoms with Gasteiger partial charge in [0.15, 0.2) is 7.28 Å². The number of hydrogen-bond acceptors (Lipinski definition) is 4. The summed E-state index contributed by atoms with van der Waals surface area (Å²) in [5.74, 6) is 0.721. The lowest BCUT2D eigenvalue weighted by atomic mass is 10.1. The number of non-ortho nitro benzene ring substituents is 1. The summed E-state index contributed by atoms with van der Waals surface area (Å²) in [7, 11) is -2.78. The largest absolute Gasteiger partial charge is 0.455 e. The molecule has 0 aliphatic heterocycles. The van der Waals surface area contributed by atoms with Crippen LogP contribution in [-0.2, 0) is 6.54 Å². The van der Waals surface area contributed by atoms with Crippen molar-refractivity contribution >= 4 is 61.7 Å². The highest BCUT2D eigenvalue weighted by molar-refractivity contribution is 9.10. The maximum Gasteiger partial charge on any atom is 0.269 e. The minimum Gasteiger partial charge on any atom is -0.455 e. The van der Waals surface area contributed by atoms with Gasteiger partial charge in [-0.15, -0.1) is 0 Å². The summed E-state index contributed by atoms with van der Waals surface area (Å²) < 4.78 is 15.6. The maximum absolute atomic E-state index is 11.3. The standard InChI is InChI=1S/C30H29BrN3O3P/c1-5-33-28-9-7-6-8-26(28)27-20-25(18-19-29(27)33)38(30(2,3)4,37-24-16-10-21(31)11-17-24)32-22-12-14-23(15-13-22)34(35)36/h6-20H,5H2,1-4H3/t38-/m1/s1. The van der Waals surface area contributed by atoms with Gasteiger partial charge in [-0.3, -0.25) is 10.1 Å². The molecular weight excluding hydrogens is 561 g/mol. The number of fused-ring (bicyclic) bond motifs is 3. The van der Waals surface area contributed by atoms with Gasteiger partial charge in [0.25, 0.3) is 5.69 Å². The summed E-state index contributed by atoms with van der Waals surface area (Å²) in [5.41, 5.74) is 3.05. The normalized spacial score (nSPS) is 13.4. The third kappa shape index (κ3) is 4.65. The molecule has 38 heavy (non-hydrogen) atoms. The molecule has 5 aromatic rings. The van der Waals surface area contributed by atoms with Crippen molar-refractivity contribution in [1.29, 1.82) is 0 Å². The average molecular weight is 590 g/mol. The molecule has 0 aliphatic carbocycles. The number of aromatic nitrogens is 1. The van der Waals surface area contributed by atoms with Crippen LogP contribution in [0, 0.1) is 10.1 Å². The van der Waals surface area contributed by atoms with Crippen LogP contribution in [0.5, 0.6) is 5.75 Å². The van der Waals surface area contributed by atoms with Crippen molar-refractivity contribution in [1.82, 2.24) is 4.57 Å². The second-order valence-electron chi connectivity index (χ2n) is 10.1. The van der Waals surface area contributed by atoms with Crippen LogP contribution in [0.25, 0.3) is 21.8 Å². The van der Waals surface area contributed by atoms with E-state index in [9.17, 15) is 10.1 Å². The molecule has 0 aliphatic rings. The molecule has 0 spiro atoms. The van der Waals surface area contributed by atoms with Gasteiger partial charge in [0.05, 0.1) is 10.6 Å². The van der Waals surface area contributed by atoms with Crippen molar-refractivity contribution < 1.29 is 9.45 Å². The fourth-order valence-electron chi connectivity index (χ4n) is 4.83. The Morgan fingerprint density at radius 2 is 1.58 bits per heavy atom. The summed E-state index contributed by atoms with van der Waals surface area (Å²) >= 11 is 3.51. The third-order valence-corrected chi connectivity index (χ3v) is 11.0. The van der Waals surface area contributed by atoms with Gasteiger partial charge in [-0.05, 0) is 67.6 Å². The first-order valence-electron chi connectivity index (χ1n) is 12.5. The van der Waals surface area contributed by atoms with Gasteiger partial charge in [-0.2, -0.15) is 0 Å². The van der Waals surface area contributed by atoms with Crippen LogP contribution in [-0.4, -0.2) is 14.6 Å². The van der Waals surface area contributed by atoms with E-state index in [4.69, 9.17) is 9.27 Å². The first-order chi connectivity index (χ1) is 18.1. The highest BCUT2D eigenvalue weighted by Gasteiger charge is 2.39. The molecule has 1 aromatic heterocycles. The summed E-state index contributed by atoms with van der Waals surface area (Å²) in [6, 6.07) is 29.2. The summed E-state index contributed by atoms with van der Waals surface area (Å²) in [4.78, 5) is 10.9. The van der Waals surface area contributed by atoms with Crippen molar-refractivity contribution in [3.63, 3.8) is 0 Å². The molecule has 1 atom stereocenters. The molecule has 0 unspecified atom stereocenters. The molecule has 0 bridgehead atoms. The van der Waals surface area contributed by atoms with Crippen molar-refractivity contribution in [2.45, 2.75) is 39.4 Å². The fourth-order valence-corrected chi connectivity index (χ4v) is 8.17. The Morgan fingerprint density at radius 3 is 2.21 bits per heavy atom. The van der Waals surface area contributed by atoms with E-state index < -0.39 is 17.4 Å². The van der Waals surface area contributed by atoms with Crippen LogP contribution >= 0.6 is 23.2 Å². The number of nitro benzene ring substituents is 1. The lowest BCUT2D eigenvalue weighted by molar-refractivity contribution is -0.384. The van der Waals surface area contributed by atoms with E-state index in [0.717, 1.165) is 27.5 Å². The van der Waals surface area contributed by atoms with Crippen molar-refractivity contribution in [3.05, 3.63) is 106 Å². The Balaban J connectivity index is 1.82. The molecule has 8 heteroatoms. The summed E-state index contributed by atoms with van der Waals surface area (Å²) in [5, 5.41) is 14.2. The maximum atomic E-state index is 11.3. The number of halogens is 1. The zero-order valence-corrected chi connectivity index (χ0v) is 24.2. The zero-order chi connectivity index (χ0) is 27.1. The van der Waals surface area contributed by atoms with Crippen LogP contribution in [0.15, 0.2) is 100 Å². The van der Waals surface area contributed by atoms with E-state index in [1.165, 1.54) is 28.6 Å². The number of benzene rings is 4. The van der Waals surface area contributed by atoms with Gasteiger partial charge >= 0.3 is 0 Å². The van der Waals surface area contributed by atoms with E-state index in [2.05, 4.69) is 90.7 Å². The lowest BCUT2D eigenvalue weighted by Crippen LogP contribution is -2.27. The molecule has 0 amide bonds. The quantitative estimate of drug-likeness (QED) is 0.112. The van der Waals surface area contributed by atoms with Crippen LogP contribution in [0.4, 0.5) is 11.4 Å². The molecule has 0 radical (unpaired) electrons. The van der Waals surface area contributed by atoms with E-state index in [0.29, 0.717) is 5.69 Å². The number of nitrogens with zero attached hydrogens (tertiary/aromatic N) is 3. The average Bonchev–Trinajstić information content (AvgIpc) is 3.22. The highest BCUT2D eigenvalue weighted by atomic mass is 79.9. The third-order valence-electron chi connectivity index (χ3n) is 6.70. The molecule has 0 saturated carbocycles. The van der Waals surface area contributed by atoms with Gasteiger partial charge in [-0.25, -0.2) is 4.74 Å². The molecular formula is C30H29BrN3O3P. The Morgan fingerprint density at radius 1 is 0.921 bits per heavy atom. The first kappa shape index (κ1) is 26.2. The van der Waals surface area contributed by atoms with Gasteiger partial charge in [0, 0.05) is 55.4 Å². The van der Waals surface area contributed by atoms with E-state index in [1.807, 2.05) is 24.3 Å². The number of nitro groups is 1. The predicted molar refractivity (Wildman–Crippen MR) is 161 cm³/mol. The Bertz CT molecular complexity index is 1700. The van der Waals surface area contributed by atoms with Crippen molar-refractivity contribution in [2.24, 2.45) is 4.74 Å². The van der Waals surface area contributed by atoms with Crippen LogP contribution in [0.3, 0.4) is 0 Å². The van der Waals surface area contributed by atoms with Gasteiger partial charge in [0.2, 0.25) is 0 Å². The second-order valence-corrected chi connectivity index (χ2v) is 14.4. The topological polar surface area (TPSA) is 69.7 Å². The number of aryl methyl sites for hydroxylation is 1. The fraction of sp³-hybridized carbons (Fsp3) is 0.200. The molecule has 4 aromatic carbocycles. The SMILES string of the molecule is CCn1c2ccccc2c2cc([P@@](=Nc3ccc([N+](=O)[O-])cc3)(Oc3ccc(Br)cc3)C(C)(C)C)ccc21. The number of para-hydroxylation sites is 1. The Labute approximate surface area is 230 Å². The Hall–Kier alpha value is -3.41. The molecule has 1 heterocycles. The molecule has 5 rings (SSSR count). The lowest BCUT2D eigenvalue weighted by Gasteiger charge is -2.37. The molecule has 0 N–H and O–H groups in total. The molecule has 0 fully saturated rings. The highest BCUT2D eigenvalue weighted by Crippen LogP contribution is 2.62. The van der Waals surface area contributed by atoms with E-state index >= 15 is 0 Å². The smallest absolute Gasteiger partial charge is 0.269 e. The molecule has 0 saturated heterocycles. The minimum absolute atomic E-state index is 0.0336. The Kier molecular flexibility index (Phi) is 6.93. The minimum atomic E-state index is -2.78. The van der Waals surface area contributed by atoms with Crippen molar-refractivity contribution in [2.75, 3.05) is 0 Å². The molecule has 194 valence electrons. The first-order valence-corrected chi connectivity index (χ1v) is 14.9. The monoisotopic (exact) mass is 589 g/mol. The summed E-state index contributed by atoms with van der Waals surface area (Å²) in [6.45, 7) is 9.47. The van der Waals surface area contributed by atoms with Crippen LogP contribution in [0.2, 0.25) is 0 Å². The van der Waals surface area contributed by atoms with E-state index in [1.54, 1.807) is 12.1 Å². The van der Waals surface area contributed by atoms with Gasteiger partial charge in [0.1, 0.15) is 5.75 Å². The summed E-state index contributed by atoms with van der Waals surface area (Å²) in [6.07, 6.45) is 0. The molecule has 6 nitrogen and oxygen atoms in total. The second kappa shape index (κ2) is 10.0.